The van der Waals surface area contributed by atoms with Crippen molar-refractivity contribution in [3.63, 3.8) is 0 Å². The van der Waals surface area contributed by atoms with E-state index in [1.165, 1.54) is 6.07 Å². The summed E-state index contributed by atoms with van der Waals surface area (Å²) < 4.78 is 14.7. The molecule has 0 unspecified atom stereocenters. The zero-order chi connectivity index (χ0) is 15.1. The van der Waals surface area contributed by atoms with Gasteiger partial charge in [-0.2, -0.15) is 0 Å². The zero-order valence-corrected chi connectivity index (χ0v) is 13.8. The minimum atomic E-state index is -0.413. The van der Waals surface area contributed by atoms with E-state index in [9.17, 15) is 4.39 Å². The Bertz CT molecular complexity index is 865. The highest BCUT2D eigenvalue weighted by molar-refractivity contribution is 9.10. The molecule has 21 heavy (non-hydrogen) atoms. The number of fused-ring (bicyclic) bond motifs is 1. The van der Waals surface area contributed by atoms with Crippen LogP contribution in [-0.2, 0) is 0 Å². The molecule has 3 aromatic rings. The fourth-order valence-corrected chi connectivity index (χ4v) is 3.20. The highest BCUT2D eigenvalue weighted by Crippen LogP contribution is 2.32. The van der Waals surface area contributed by atoms with Crippen molar-refractivity contribution < 1.29 is 4.39 Å². The van der Waals surface area contributed by atoms with Gasteiger partial charge >= 0.3 is 0 Å². The number of aryl methyl sites for hydroxylation is 2. The Morgan fingerprint density at radius 1 is 1.10 bits per heavy atom. The molecule has 106 valence electrons. The van der Waals surface area contributed by atoms with Crippen molar-refractivity contribution in [2.24, 2.45) is 0 Å². The Morgan fingerprint density at radius 3 is 2.57 bits per heavy atom. The van der Waals surface area contributed by atoms with Crippen LogP contribution in [0.5, 0.6) is 0 Å². The first-order chi connectivity index (χ1) is 9.97. The summed E-state index contributed by atoms with van der Waals surface area (Å²) in [6, 6.07) is 8.90. The standard InChI is InChI=1S/C16H11BrClFN2/c1-8-3-4-10(9(2)7-8)16-20-14-12(19)6-5-11(17)13(14)15(18)21-16/h3-7H,1-2H3. The summed E-state index contributed by atoms with van der Waals surface area (Å²) in [5.74, 6) is 0.0190. The van der Waals surface area contributed by atoms with Crippen molar-refractivity contribution in [3.8, 4) is 11.4 Å². The summed E-state index contributed by atoms with van der Waals surface area (Å²) in [7, 11) is 0. The molecule has 0 radical (unpaired) electrons. The van der Waals surface area contributed by atoms with E-state index in [1.54, 1.807) is 6.07 Å². The van der Waals surface area contributed by atoms with E-state index in [0.717, 1.165) is 16.7 Å². The van der Waals surface area contributed by atoms with Crippen molar-refractivity contribution in [2.75, 3.05) is 0 Å². The topological polar surface area (TPSA) is 25.8 Å². The molecule has 1 heterocycles. The average molecular weight is 366 g/mol. The molecule has 0 saturated carbocycles. The van der Waals surface area contributed by atoms with Crippen LogP contribution in [0.15, 0.2) is 34.8 Å². The van der Waals surface area contributed by atoms with Crippen LogP contribution in [0, 0.1) is 19.7 Å². The maximum atomic E-state index is 14.0. The number of hydrogen-bond acceptors (Lipinski definition) is 2. The third kappa shape index (κ3) is 2.54. The van der Waals surface area contributed by atoms with Gasteiger partial charge < -0.3 is 0 Å². The third-order valence-electron chi connectivity index (χ3n) is 3.33. The fraction of sp³-hybridized carbons (Fsp3) is 0.125. The lowest BCUT2D eigenvalue weighted by Gasteiger charge is -2.09. The van der Waals surface area contributed by atoms with Gasteiger partial charge in [0, 0.05) is 10.0 Å². The van der Waals surface area contributed by atoms with E-state index >= 15 is 0 Å². The lowest BCUT2D eigenvalue weighted by molar-refractivity contribution is 0.636. The van der Waals surface area contributed by atoms with Gasteiger partial charge in [0.25, 0.3) is 0 Å². The van der Waals surface area contributed by atoms with E-state index in [2.05, 4.69) is 25.9 Å². The summed E-state index contributed by atoms with van der Waals surface area (Å²) in [6.07, 6.45) is 0. The third-order valence-corrected chi connectivity index (χ3v) is 4.26. The Hall–Kier alpha value is -1.52. The predicted octanol–water partition coefficient (Wildman–Crippen LogP) is 5.47. The van der Waals surface area contributed by atoms with Crippen LogP contribution < -0.4 is 0 Å². The molecule has 3 rings (SSSR count). The average Bonchev–Trinajstić information content (AvgIpc) is 2.42. The van der Waals surface area contributed by atoms with Gasteiger partial charge in [0.15, 0.2) is 5.82 Å². The number of halogens is 3. The Morgan fingerprint density at radius 2 is 1.86 bits per heavy atom. The van der Waals surface area contributed by atoms with Crippen LogP contribution in [0.25, 0.3) is 22.3 Å². The van der Waals surface area contributed by atoms with Gasteiger partial charge in [0.05, 0.1) is 5.39 Å². The van der Waals surface area contributed by atoms with E-state index < -0.39 is 5.82 Å². The zero-order valence-electron chi connectivity index (χ0n) is 11.4. The van der Waals surface area contributed by atoms with Crippen molar-refractivity contribution in [2.45, 2.75) is 13.8 Å². The number of benzene rings is 2. The monoisotopic (exact) mass is 364 g/mol. The molecule has 0 aliphatic heterocycles. The van der Waals surface area contributed by atoms with Crippen LogP contribution in [-0.4, -0.2) is 9.97 Å². The maximum absolute atomic E-state index is 14.0. The number of rotatable bonds is 1. The van der Waals surface area contributed by atoms with E-state index in [0.29, 0.717) is 15.7 Å². The van der Waals surface area contributed by atoms with Crippen LogP contribution in [0.1, 0.15) is 11.1 Å². The molecule has 0 fully saturated rings. The second-order valence-corrected chi connectivity index (χ2v) is 6.12. The fourth-order valence-electron chi connectivity index (χ4n) is 2.31. The summed E-state index contributed by atoms with van der Waals surface area (Å²) in [4.78, 5) is 8.68. The van der Waals surface area contributed by atoms with Gasteiger partial charge in [-0.05, 0) is 47.5 Å². The number of hydrogen-bond donors (Lipinski definition) is 0. The summed E-state index contributed by atoms with van der Waals surface area (Å²) in [5.41, 5.74) is 3.25. The Labute approximate surface area is 135 Å². The molecule has 0 bridgehead atoms. The highest BCUT2D eigenvalue weighted by Gasteiger charge is 2.15. The molecule has 2 nitrogen and oxygen atoms in total. The molecule has 0 saturated heterocycles. The van der Waals surface area contributed by atoms with Gasteiger partial charge in [0.2, 0.25) is 0 Å². The first-order valence-electron chi connectivity index (χ1n) is 6.36. The van der Waals surface area contributed by atoms with Crippen LogP contribution in [0.3, 0.4) is 0 Å². The SMILES string of the molecule is Cc1ccc(-c2nc(Cl)c3c(Br)ccc(F)c3n2)c(C)c1. The van der Waals surface area contributed by atoms with Crippen molar-refractivity contribution in [1.29, 1.82) is 0 Å². The molecule has 2 aromatic carbocycles. The summed E-state index contributed by atoms with van der Waals surface area (Å²) >= 11 is 9.58. The highest BCUT2D eigenvalue weighted by atomic mass is 79.9. The number of nitrogens with zero attached hydrogens (tertiary/aromatic N) is 2. The summed E-state index contributed by atoms with van der Waals surface area (Å²) in [5, 5.41) is 0.728. The van der Waals surface area contributed by atoms with E-state index in [4.69, 9.17) is 11.6 Å². The first kappa shape index (κ1) is 14.4. The molecule has 0 spiro atoms. The van der Waals surface area contributed by atoms with E-state index in [-0.39, 0.29) is 10.7 Å². The van der Waals surface area contributed by atoms with Crippen LogP contribution in [0.2, 0.25) is 5.15 Å². The number of aromatic nitrogens is 2. The summed E-state index contributed by atoms with van der Waals surface area (Å²) in [6.45, 7) is 3.99. The molecule has 0 aliphatic carbocycles. The molecule has 0 amide bonds. The Kier molecular flexibility index (Phi) is 3.68. The van der Waals surface area contributed by atoms with Crippen molar-refractivity contribution in [3.05, 3.63) is 56.9 Å². The molecule has 5 heteroatoms. The minimum Gasteiger partial charge on any atom is -0.225 e. The van der Waals surface area contributed by atoms with Crippen molar-refractivity contribution >= 4 is 38.4 Å². The van der Waals surface area contributed by atoms with Gasteiger partial charge in [-0.25, -0.2) is 14.4 Å². The second kappa shape index (κ2) is 5.35. The van der Waals surface area contributed by atoms with Crippen LogP contribution >= 0.6 is 27.5 Å². The largest absolute Gasteiger partial charge is 0.225 e. The maximum Gasteiger partial charge on any atom is 0.161 e. The smallest absolute Gasteiger partial charge is 0.161 e. The van der Waals surface area contributed by atoms with Gasteiger partial charge in [0.1, 0.15) is 16.5 Å². The minimum absolute atomic E-state index is 0.222. The second-order valence-electron chi connectivity index (χ2n) is 4.91. The van der Waals surface area contributed by atoms with Crippen molar-refractivity contribution in [1.82, 2.24) is 9.97 Å². The van der Waals surface area contributed by atoms with Gasteiger partial charge in [-0.1, -0.05) is 35.4 Å². The molecule has 1 aromatic heterocycles. The molecular weight excluding hydrogens is 355 g/mol. The molecule has 0 aliphatic rings. The first-order valence-corrected chi connectivity index (χ1v) is 7.53. The molecule has 0 atom stereocenters. The molecular formula is C16H11BrClFN2. The van der Waals surface area contributed by atoms with E-state index in [1.807, 2.05) is 32.0 Å². The molecule has 0 N–H and O–H groups in total. The lowest BCUT2D eigenvalue weighted by atomic mass is 10.1. The quantitative estimate of drug-likeness (QED) is 0.534. The lowest BCUT2D eigenvalue weighted by Crippen LogP contribution is -1.96. The predicted molar refractivity (Wildman–Crippen MR) is 87.1 cm³/mol. The Balaban J connectivity index is 2.33. The van der Waals surface area contributed by atoms with Crippen LogP contribution in [0.4, 0.5) is 4.39 Å². The van der Waals surface area contributed by atoms with Gasteiger partial charge in [-0.15, -0.1) is 0 Å². The normalized spacial score (nSPS) is 11.1. The van der Waals surface area contributed by atoms with Gasteiger partial charge in [-0.3, -0.25) is 0 Å².